The molecule has 0 aliphatic carbocycles. The van der Waals surface area contributed by atoms with E-state index >= 15 is 0 Å². The highest BCUT2D eigenvalue weighted by molar-refractivity contribution is 7.92. The molecule has 0 saturated carbocycles. The minimum absolute atomic E-state index is 0.122. The second-order valence-electron chi connectivity index (χ2n) is 8.25. The Labute approximate surface area is 213 Å². The Morgan fingerprint density at radius 3 is 2.24 bits per heavy atom. The molecule has 3 aromatic rings. The normalized spacial score (nSPS) is 12.5. The molecule has 0 aliphatic rings. The lowest BCUT2D eigenvalue weighted by atomic mass is 10.1. The number of sulfonamides is 1. The topological polar surface area (TPSA) is 95.6 Å². The van der Waals surface area contributed by atoms with Crippen LogP contribution in [-0.4, -0.2) is 32.8 Å². The van der Waals surface area contributed by atoms with Crippen LogP contribution in [0.15, 0.2) is 83.8 Å². The summed E-state index contributed by atoms with van der Waals surface area (Å²) < 4.78 is 67.5. The molecule has 0 heterocycles. The third-order valence-electron chi connectivity index (χ3n) is 5.52. The molecule has 37 heavy (non-hydrogen) atoms. The van der Waals surface area contributed by atoms with Gasteiger partial charge in [-0.1, -0.05) is 43.3 Å². The number of alkyl halides is 3. The second kappa shape index (κ2) is 11.5. The van der Waals surface area contributed by atoms with E-state index in [1.807, 2.05) is 13.8 Å². The van der Waals surface area contributed by atoms with Gasteiger partial charge < -0.3 is 10.6 Å². The number of halogens is 3. The molecule has 0 aromatic heterocycles. The maximum atomic E-state index is 13.4. The van der Waals surface area contributed by atoms with Gasteiger partial charge in [-0.2, -0.15) is 13.2 Å². The van der Waals surface area contributed by atoms with Gasteiger partial charge in [0.15, 0.2) is 0 Å². The van der Waals surface area contributed by atoms with Crippen LogP contribution in [0, 0.1) is 0 Å². The van der Waals surface area contributed by atoms with E-state index in [0.717, 1.165) is 12.1 Å². The summed E-state index contributed by atoms with van der Waals surface area (Å²) in [5, 5.41) is 5.31. The molecule has 2 amide bonds. The molecule has 0 fully saturated rings. The van der Waals surface area contributed by atoms with Gasteiger partial charge >= 0.3 is 6.18 Å². The lowest BCUT2D eigenvalue weighted by molar-refractivity contribution is -0.137. The maximum absolute atomic E-state index is 13.4. The fourth-order valence-corrected chi connectivity index (χ4v) is 4.82. The Morgan fingerprint density at radius 1 is 0.946 bits per heavy atom. The van der Waals surface area contributed by atoms with E-state index in [4.69, 9.17) is 0 Å². The first kappa shape index (κ1) is 27.7. The van der Waals surface area contributed by atoms with E-state index in [2.05, 4.69) is 10.6 Å². The van der Waals surface area contributed by atoms with Crippen molar-refractivity contribution in [1.82, 2.24) is 5.32 Å². The molecule has 3 aromatic carbocycles. The molecule has 0 saturated heterocycles. The van der Waals surface area contributed by atoms with E-state index in [1.54, 1.807) is 18.2 Å². The Hall–Kier alpha value is -3.86. The van der Waals surface area contributed by atoms with Crippen LogP contribution >= 0.6 is 0 Å². The van der Waals surface area contributed by atoms with Crippen molar-refractivity contribution < 1.29 is 31.2 Å². The average molecular weight is 534 g/mol. The highest BCUT2D eigenvalue weighted by atomic mass is 32.2. The second-order valence-corrected chi connectivity index (χ2v) is 10.1. The van der Waals surface area contributed by atoms with Crippen LogP contribution in [-0.2, 0) is 21.0 Å². The minimum Gasteiger partial charge on any atom is -0.350 e. The molecule has 2 N–H and O–H groups in total. The SMILES string of the molecule is CC[C@@H](C)NC(=O)c1ccccc1NC(=O)CN(c1cccc(C(F)(F)F)c1)S(=O)(=O)c1ccccc1. The summed E-state index contributed by atoms with van der Waals surface area (Å²) in [6.45, 7) is 2.88. The van der Waals surface area contributed by atoms with Crippen LogP contribution in [0.4, 0.5) is 24.5 Å². The molecule has 0 spiro atoms. The number of hydrogen-bond donors (Lipinski definition) is 2. The number of carbonyl (C=O) groups is 2. The van der Waals surface area contributed by atoms with Gasteiger partial charge in [-0.25, -0.2) is 8.42 Å². The smallest absolute Gasteiger partial charge is 0.350 e. The van der Waals surface area contributed by atoms with Gasteiger partial charge in [0, 0.05) is 6.04 Å². The lowest BCUT2D eigenvalue weighted by Crippen LogP contribution is -2.38. The first-order valence-corrected chi connectivity index (χ1v) is 12.8. The van der Waals surface area contributed by atoms with Crippen LogP contribution in [0.3, 0.4) is 0 Å². The molecule has 3 rings (SSSR count). The number of rotatable bonds is 9. The maximum Gasteiger partial charge on any atom is 0.416 e. The van der Waals surface area contributed by atoms with Gasteiger partial charge in [-0.15, -0.1) is 0 Å². The van der Waals surface area contributed by atoms with E-state index in [9.17, 15) is 31.2 Å². The van der Waals surface area contributed by atoms with Crippen molar-refractivity contribution >= 4 is 33.2 Å². The van der Waals surface area contributed by atoms with Crippen LogP contribution in [0.5, 0.6) is 0 Å². The predicted molar refractivity (Wildman–Crippen MR) is 135 cm³/mol. The van der Waals surface area contributed by atoms with Gasteiger partial charge in [0.25, 0.3) is 15.9 Å². The zero-order valence-corrected chi connectivity index (χ0v) is 20.9. The first-order valence-electron chi connectivity index (χ1n) is 11.4. The molecule has 0 radical (unpaired) electrons. The fraction of sp³-hybridized carbons (Fsp3) is 0.231. The van der Waals surface area contributed by atoms with Crippen molar-refractivity contribution in [2.45, 2.75) is 37.4 Å². The number of nitrogens with one attached hydrogen (secondary N) is 2. The molecule has 196 valence electrons. The third kappa shape index (κ3) is 6.88. The Morgan fingerprint density at radius 2 is 1.59 bits per heavy atom. The quantitative estimate of drug-likeness (QED) is 0.402. The highest BCUT2D eigenvalue weighted by Crippen LogP contribution is 2.33. The number of hydrogen-bond acceptors (Lipinski definition) is 4. The van der Waals surface area contributed by atoms with E-state index in [1.165, 1.54) is 42.5 Å². The summed E-state index contributed by atoms with van der Waals surface area (Å²) in [5.41, 5.74) is -1.11. The van der Waals surface area contributed by atoms with E-state index < -0.39 is 40.1 Å². The number of anilines is 2. The van der Waals surface area contributed by atoms with Gasteiger partial charge in [-0.05, 0) is 55.8 Å². The summed E-state index contributed by atoms with van der Waals surface area (Å²) in [7, 11) is -4.42. The minimum atomic E-state index is -4.72. The molecular formula is C26H26F3N3O4S. The monoisotopic (exact) mass is 533 g/mol. The number of para-hydroxylation sites is 1. The predicted octanol–water partition coefficient (Wildman–Crippen LogP) is 5.07. The van der Waals surface area contributed by atoms with Crippen molar-refractivity contribution in [2.75, 3.05) is 16.2 Å². The van der Waals surface area contributed by atoms with Crippen molar-refractivity contribution in [3.63, 3.8) is 0 Å². The highest BCUT2D eigenvalue weighted by Gasteiger charge is 2.33. The van der Waals surface area contributed by atoms with Crippen molar-refractivity contribution in [3.05, 3.63) is 90.0 Å². The Balaban J connectivity index is 1.96. The molecule has 1 atom stereocenters. The van der Waals surface area contributed by atoms with Crippen molar-refractivity contribution in [1.29, 1.82) is 0 Å². The molecule has 11 heteroatoms. The summed E-state index contributed by atoms with van der Waals surface area (Å²) >= 11 is 0. The average Bonchev–Trinajstić information content (AvgIpc) is 2.87. The first-order chi connectivity index (χ1) is 17.4. The Kier molecular flexibility index (Phi) is 8.59. The summed E-state index contributed by atoms with van der Waals surface area (Å²) in [6, 6.07) is 16.8. The number of carbonyl (C=O) groups excluding carboxylic acids is 2. The van der Waals surface area contributed by atoms with Gasteiger partial charge in [-0.3, -0.25) is 13.9 Å². The van der Waals surface area contributed by atoms with Crippen LogP contribution in [0.2, 0.25) is 0 Å². The molecular weight excluding hydrogens is 507 g/mol. The Bertz CT molecular complexity index is 1360. The molecule has 0 bridgehead atoms. The molecule has 0 aliphatic heterocycles. The summed E-state index contributed by atoms with van der Waals surface area (Å²) in [4.78, 5) is 25.5. The van der Waals surface area contributed by atoms with Crippen molar-refractivity contribution in [3.8, 4) is 0 Å². The van der Waals surface area contributed by atoms with Gasteiger partial charge in [0.05, 0.1) is 27.4 Å². The fourth-order valence-electron chi connectivity index (χ4n) is 3.39. The van der Waals surface area contributed by atoms with Gasteiger partial charge in [0.1, 0.15) is 6.54 Å². The summed E-state index contributed by atoms with van der Waals surface area (Å²) in [5.74, 6) is -1.28. The van der Waals surface area contributed by atoms with Gasteiger partial charge in [0.2, 0.25) is 5.91 Å². The van der Waals surface area contributed by atoms with Crippen LogP contribution in [0.25, 0.3) is 0 Å². The van der Waals surface area contributed by atoms with E-state index in [-0.39, 0.29) is 27.9 Å². The molecule has 0 unspecified atom stereocenters. The zero-order chi connectivity index (χ0) is 27.2. The lowest BCUT2D eigenvalue weighted by Gasteiger charge is -2.25. The largest absolute Gasteiger partial charge is 0.416 e. The standard InChI is InChI=1S/C26H26F3N3O4S/c1-3-18(2)30-25(34)22-14-7-8-15-23(22)31-24(33)17-32(37(35,36)21-12-5-4-6-13-21)20-11-9-10-19(16-20)26(27,28)29/h4-16,18H,3,17H2,1-2H3,(H,30,34)(H,31,33)/t18-/m1/s1. The van der Waals surface area contributed by atoms with Crippen LogP contribution in [0.1, 0.15) is 36.2 Å². The van der Waals surface area contributed by atoms with E-state index in [0.29, 0.717) is 16.8 Å². The number of amides is 2. The summed E-state index contributed by atoms with van der Waals surface area (Å²) in [6.07, 6.45) is -4.04. The van der Waals surface area contributed by atoms with Crippen molar-refractivity contribution in [2.24, 2.45) is 0 Å². The number of benzene rings is 3. The third-order valence-corrected chi connectivity index (χ3v) is 7.30. The number of nitrogens with zero attached hydrogens (tertiary/aromatic N) is 1. The van der Waals surface area contributed by atoms with Crippen LogP contribution < -0.4 is 14.9 Å². The zero-order valence-electron chi connectivity index (χ0n) is 20.1. The molecule has 7 nitrogen and oxygen atoms in total.